The van der Waals surface area contributed by atoms with Crippen molar-refractivity contribution in [1.29, 1.82) is 0 Å². The summed E-state index contributed by atoms with van der Waals surface area (Å²) in [6.07, 6.45) is 2.96. The maximum absolute atomic E-state index is 14.7. The number of anilines is 4. The number of carbonyl (C=O) groups is 1. The van der Waals surface area contributed by atoms with Gasteiger partial charge in [0.05, 0.1) is 16.6 Å². The largest absolute Gasteiger partial charge is 0.365 e. The van der Waals surface area contributed by atoms with Crippen molar-refractivity contribution < 1.29 is 9.18 Å². The van der Waals surface area contributed by atoms with Gasteiger partial charge in [0.25, 0.3) is 0 Å². The van der Waals surface area contributed by atoms with Crippen molar-refractivity contribution in [2.24, 2.45) is 0 Å². The van der Waals surface area contributed by atoms with E-state index in [1.165, 1.54) is 6.20 Å². The Morgan fingerprint density at radius 2 is 1.80 bits per heavy atom. The topological polar surface area (TPSA) is 73.4 Å². The molecule has 2 aliphatic heterocycles. The molecule has 0 aliphatic carbocycles. The van der Waals surface area contributed by atoms with Gasteiger partial charge in [0.1, 0.15) is 0 Å². The van der Waals surface area contributed by atoms with E-state index in [1.54, 1.807) is 11.8 Å². The van der Waals surface area contributed by atoms with Crippen molar-refractivity contribution in [2.45, 2.75) is 88.1 Å². The van der Waals surface area contributed by atoms with Crippen molar-refractivity contribution in [3.63, 3.8) is 0 Å². The van der Waals surface area contributed by atoms with E-state index in [9.17, 15) is 9.18 Å². The molecule has 2 aromatic rings. The second-order valence-corrected chi connectivity index (χ2v) is 13.0. The van der Waals surface area contributed by atoms with Gasteiger partial charge < -0.3 is 15.5 Å². The first kappa shape index (κ1) is 25.7. The molecule has 0 atom stereocenters. The molecule has 0 radical (unpaired) electrons. The summed E-state index contributed by atoms with van der Waals surface area (Å²) in [5, 5.41) is 6.56. The summed E-state index contributed by atoms with van der Waals surface area (Å²) in [6, 6.07) is 5.93. The molecule has 1 fully saturated rings. The number of nitrogens with zero attached hydrogens (tertiary/aromatic N) is 4. The van der Waals surface area contributed by atoms with Crippen LogP contribution in [0.2, 0.25) is 0 Å². The van der Waals surface area contributed by atoms with Crippen LogP contribution in [0.15, 0.2) is 29.3 Å². The van der Waals surface area contributed by atoms with Gasteiger partial charge >= 0.3 is 0 Å². The minimum atomic E-state index is -0.541. The number of aromatic nitrogens is 2. The molecule has 4 rings (SSSR count). The highest BCUT2D eigenvalue weighted by Gasteiger charge is 2.43. The maximum Gasteiger partial charge on any atom is 0.243 e. The molecule has 1 amide bonds. The molecule has 0 unspecified atom stereocenters. The molecule has 1 aromatic heterocycles. The zero-order valence-corrected chi connectivity index (χ0v) is 22.8. The molecule has 0 spiro atoms. The van der Waals surface area contributed by atoms with Crippen molar-refractivity contribution in [3.8, 4) is 0 Å². The summed E-state index contributed by atoms with van der Waals surface area (Å²) in [6.45, 7) is 15.3. The van der Waals surface area contributed by atoms with Crippen LogP contribution in [0.1, 0.15) is 61.3 Å². The van der Waals surface area contributed by atoms with Crippen LogP contribution in [-0.4, -0.2) is 56.2 Å². The van der Waals surface area contributed by atoms with Crippen LogP contribution in [0.3, 0.4) is 0 Å². The fourth-order valence-electron chi connectivity index (χ4n) is 5.29. The lowest BCUT2D eigenvalue weighted by molar-refractivity contribution is -0.120. The predicted molar refractivity (Wildman–Crippen MR) is 142 cm³/mol. The first-order valence-corrected chi connectivity index (χ1v) is 13.0. The second-order valence-electron chi connectivity index (χ2n) is 11.3. The highest BCUT2D eigenvalue weighted by Crippen LogP contribution is 2.46. The van der Waals surface area contributed by atoms with Crippen LogP contribution in [0.25, 0.3) is 0 Å². The Bertz CT molecular complexity index is 1120. The van der Waals surface area contributed by atoms with Gasteiger partial charge in [0.15, 0.2) is 11.6 Å². The van der Waals surface area contributed by atoms with E-state index in [-0.39, 0.29) is 28.8 Å². The average Bonchev–Trinajstić information content (AvgIpc) is 2.75. The minimum Gasteiger partial charge on any atom is -0.365 e. The van der Waals surface area contributed by atoms with Crippen molar-refractivity contribution in [1.82, 2.24) is 14.9 Å². The molecule has 2 aliphatic rings. The number of thioether (sulfide) groups is 1. The van der Waals surface area contributed by atoms with E-state index >= 15 is 0 Å². The zero-order valence-electron chi connectivity index (χ0n) is 22.0. The van der Waals surface area contributed by atoms with Crippen LogP contribution >= 0.6 is 11.8 Å². The normalized spacial score (nSPS) is 21.5. The van der Waals surface area contributed by atoms with E-state index in [4.69, 9.17) is 0 Å². The average molecular weight is 501 g/mol. The summed E-state index contributed by atoms with van der Waals surface area (Å²) in [7, 11) is 2.15. The third-order valence-corrected chi connectivity index (χ3v) is 8.57. The Balaban J connectivity index is 1.55. The number of benzene rings is 1. The SMILES string of the molecule is CCN1C(=O)C(C)(C)Sc2cc(Nc3ncc(F)c(NC4CC(C)(C)N(C)C(C)(C)C4)n3)ccc21. The molecule has 1 aromatic carbocycles. The lowest BCUT2D eigenvalue weighted by Crippen LogP contribution is -2.61. The first-order valence-electron chi connectivity index (χ1n) is 12.2. The number of likely N-dealkylation sites (tertiary alicyclic amines) is 1. The number of amides is 1. The third-order valence-electron chi connectivity index (χ3n) is 7.34. The van der Waals surface area contributed by atoms with Crippen LogP contribution in [0.5, 0.6) is 0 Å². The standard InChI is InChI=1S/C26H37FN6OS/c1-9-33-19-11-10-16(12-20(19)35-26(6,7)22(33)34)30-23-28-15-18(27)21(31-23)29-17-13-24(2,3)32(8)25(4,5)14-17/h10-12,15,17H,9,13-14H2,1-8H3,(H2,28,29,30,31). The lowest BCUT2D eigenvalue weighted by atomic mass is 9.77. The van der Waals surface area contributed by atoms with Crippen LogP contribution < -0.4 is 15.5 Å². The Hall–Kier alpha value is -2.39. The monoisotopic (exact) mass is 500 g/mol. The van der Waals surface area contributed by atoms with E-state index in [0.29, 0.717) is 12.5 Å². The fourth-order valence-corrected chi connectivity index (χ4v) is 6.50. The first-order chi connectivity index (χ1) is 16.2. The van der Waals surface area contributed by atoms with Gasteiger partial charge in [-0.1, -0.05) is 0 Å². The molecule has 7 nitrogen and oxygen atoms in total. The van der Waals surface area contributed by atoms with Gasteiger partial charge in [-0.15, -0.1) is 11.8 Å². The highest BCUT2D eigenvalue weighted by molar-refractivity contribution is 8.01. The Morgan fingerprint density at radius 1 is 1.14 bits per heavy atom. The molecule has 0 bridgehead atoms. The number of hydrogen-bond acceptors (Lipinski definition) is 7. The number of rotatable bonds is 5. The van der Waals surface area contributed by atoms with Crippen LogP contribution in [0.4, 0.5) is 27.5 Å². The summed E-state index contributed by atoms with van der Waals surface area (Å²) in [5.74, 6) is 0.171. The van der Waals surface area contributed by atoms with Gasteiger partial charge in [-0.05, 0) is 86.6 Å². The van der Waals surface area contributed by atoms with E-state index < -0.39 is 10.6 Å². The van der Waals surface area contributed by atoms with E-state index in [0.717, 1.165) is 29.1 Å². The Labute approximate surface area is 212 Å². The van der Waals surface area contributed by atoms with E-state index in [1.807, 2.05) is 43.9 Å². The van der Waals surface area contributed by atoms with Crippen LogP contribution in [0, 0.1) is 5.82 Å². The predicted octanol–water partition coefficient (Wildman–Crippen LogP) is 5.66. The minimum absolute atomic E-state index is 0.0215. The fraction of sp³-hybridized carbons (Fsp3) is 0.577. The third kappa shape index (κ3) is 4.98. The lowest BCUT2D eigenvalue weighted by Gasteiger charge is -2.53. The Kier molecular flexibility index (Phi) is 6.55. The van der Waals surface area contributed by atoms with Crippen molar-refractivity contribution in [2.75, 3.05) is 29.1 Å². The van der Waals surface area contributed by atoms with Gasteiger partial charge in [0, 0.05) is 34.2 Å². The number of carbonyl (C=O) groups excluding carboxylic acids is 1. The summed E-state index contributed by atoms with van der Waals surface area (Å²) >= 11 is 1.55. The highest BCUT2D eigenvalue weighted by atomic mass is 32.2. The summed E-state index contributed by atoms with van der Waals surface area (Å²) in [4.78, 5) is 26.6. The quantitative estimate of drug-likeness (QED) is 0.549. The number of fused-ring (bicyclic) bond motifs is 1. The van der Waals surface area contributed by atoms with Crippen molar-refractivity contribution in [3.05, 3.63) is 30.2 Å². The van der Waals surface area contributed by atoms with Crippen LogP contribution in [-0.2, 0) is 4.79 Å². The molecule has 3 heterocycles. The number of nitrogens with one attached hydrogen (secondary N) is 2. The molecule has 1 saturated heterocycles. The smallest absolute Gasteiger partial charge is 0.243 e. The molecule has 0 saturated carbocycles. The molecule has 9 heteroatoms. The van der Waals surface area contributed by atoms with E-state index in [2.05, 4.69) is 60.2 Å². The zero-order chi connectivity index (χ0) is 25.8. The number of halogens is 1. The van der Waals surface area contributed by atoms with Gasteiger partial charge in [-0.3, -0.25) is 9.69 Å². The number of hydrogen-bond donors (Lipinski definition) is 2. The molecule has 2 N–H and O–H groups in total. The van der Waals surface area contributed by atoms with Crippen molar-refractivity contribution >= 4 is 40.8 Å². The molecular formula is C26H37FN6OS. The summed E-state index contributed by atoms with van der Waals surface area (Å²) < 4.78 is 14.1. The summed E-state index contributed by atoms with van der Waals surface area (Å²) in [5.41, 5.74) is 1.65. The van der Waals surface area contributed by atoms with Gasteiger partial charge in [0.2, 0.25) is 11.9 Å². The van der Waals surface area contributed by atoms with Gasteiger partial charge in [-0.25, -0.2) is 9.37 Å². The van der Waals surface area contributed by atoms with Gasteiger partial charge in [-0.2, -0.15) is 4.98 Å². The molecular weight excluding hydrogens is 463 g/mol. The Morgan fingerprint density at radius 3 is 2.43 bits per heavy atom. The molecule has 35 heavy (non-hydrogen) atoms. The maximum atomic E-state index is 14.7. The molecule has 190 valence electrons. The number of piperidine rings is 1. The second kappa shape index (κ2) is 8.92.